The van der Waals surface area contributed by atoms with Gasteiger partial charge in [-0.25, -0.2) is 0 Å². The number of thioether (sulfide) groups is 1. The summed E-state index contributed by atoms with van der Waals surface area (Å²) in [4.78, 5) is 0. The fourth-order valence-corrected chi connectivity index (χ4v) is 1.51. The average molecular weight is 207 g/mol. The Morgan fingerprint density at radius 3 is 2.56 bits per heavy atom. The summed E-state index contributed by atoms with van der Waals surface area (Å²) >= 11 is 4.97. The van der Waals surface area contributed by atoms with Gasteiger partial charge in [0.2, 0.25) is 0 Å². The molecule has 0 unspecified atom stereocenters. The van der Waals surface area contributed by atoms with E-state index in [1.807, 2.05) is 13.2 Å². The van der Waals surface area contributed by atoms with Gasteiger partial charge in [0.25, 0.3) is 0 Å². The molecule has 1 aromatic rings. The maximum absolute atomic E-state index is 4.02. The minimum atomic E-state index is 0.979. The molecule has 0 saturated heterocycles. The molecular weight excluding hydrogens is 200 g/mol. The molecule has 0 radical (unpaired) electrons. The number of nitrogens with zero attached hydrogens (tertiary/aromatic N) is 1. The van der Waals surface area contributed by atoms with Crippen molar-refractivity contribution in [1.29, 1.82) is 0 Å². The van der Waals surface area contributed by atoms with Crippen LogP contribution < -0.4 is 0 Å². The van der Waals surface area contributed by atoms with Crippen molar-refractivity contribution in [2.75, 3.05) is 6.26 Å². The lowest BCUT2D eigenvalue weighted by Crippen LogP contribution is -1.70. The lowest BCUT2D eigenvalue weighted by atomic mass is 10.4. The molecule has 1 aromatic heterocycles. The summed E-state index contributed by atoms with van der Waals surface area (Å²) in [6, 6.07) is 0. The van der Waals surface area contributed by atoms with Crippen LogP contribution in [-0.4, -0.2) is 16.5 Å². The Morgan fingerprint density at radius 2 is 2.33 bits per heavy atom. The molecule has 0 aliphatic carbocycles. The summed E-state index contributed by atoms with van der Waals surface area (Å²) in [7, 11) is 0. The van der Waals surface area contributed by atoms with Crippen molar-refractivity contribution in [3.05, 3.63) is 10.2 Å². The van der Waals surface area contributed by atoms with E-state index >= 15 is 0 Å². The first-order valence-corrected chi connectivity index (χ1v) is 4.52. The van der Waals surface area contributed by atoms with E-state index in [9.17, 15) is 0 Å². The third kappa shape index (κ3) is 1.30. The van der Waals surface area contributed by atoms with E-state index in [2.05, 4.69) is 26.1 Å². The first-order chi connectivity index (χ1) is 4.25. The van der Waals surface area contributed by atoms with Crippen molar-refractivity contribution in [3.8, 4) is 0 Å². The maximum Gasteiger partial charge on any atom is 0.122 e. The highest BCUT2D eigenvalue weighted by molar-refractivity contribution is 9.10. The van der Waals surface area contributed by atoms with Gasteiger partial charge in [0, 0.05) is 5.56 Å². The van der Waals surface area contributed by atoms with Gasteiger partial charge in [-0.15, -0.1) is 11.8 Å². The number of aromatic amines is 1. The van der Waals surface area contributed by atoms with E-state index in [4.69, 9.17) is 0 Å². The van der Waals surface area contributed by atoms with Crippen molar-refractivity contribution in [2.45, 2.75) is 11.9 Å². The SMILES string of the molecule is CSc1n[nH]c(Br)c1C. The highest BCUT2D eigenvalue weighted by Gasteiger charge is 2.02. The van der Waals surface area contributed by atoms with Crippen molar-refractivity contribution in [3.63, 3.8) is 0 Å². The van der Waals surface area contributed by atoms with Crippen LogP contribution >= 0.6 is 27.7 Å². The van der Waals surface area contributed by atoms with Crippen molar-refractivity contribution >= 4 is 27.7 Å². The van der Waals surface area contributed by atoms with Gasteiger partial charge in [-0.3, -0.25) is 5.10 Å². The summed E-state index contributed by atoms with van der Waals surface area (Å²) < 4.78 is 0.979. The third-order valence-electron chi connectivity index (χ3n) is 1.10. The number of nitrogens with one attached hydrogen (secondary N) is 1. The molecule has 0 spiro atoms. The van der Waals surface area contributed by atoms with Gasteiger partial charge in [0.1, 0.15) is 9.63 Å². The highest BCUT2D eigenvalue weighted by Crippen LogP contribution is 2.22. The van der Waals surface area contributed by atoms with Gasteiger partial charge >= 0.3 is 0 Å². The zero-order valence-corrected chi connectivity index (χ0v) is 7.64. The maximum atomic E-state index is 4.02. The topological polar surface area (TPSA) is 28.7 Å². The summed E-state index contributed by atoms with van der Waals surface area (Å²) in [6.07, 6.45) is 2.01. The van der Waals surface area contributed by atoms with Gasteiger partial charge < -0.3 is 0 Å². The normalized spacial score (nSPS) is 10.1. The monoisotopic (exact) mass is 206 g/mol. The standard InChI is InChI=1S/C5H7BrN2S/c1-3-4(6)7-8-5(3)9-2/h1-2H3,(H,7,8). The summed E-state index contributed by atoms with van der Waals surface area (Å²) in [5.41, 5.74) is 1.18. The summed E-state index contributed by atoms with van der Waals surface area (Å²) in [5.74, 6) is 0. The quantitative estimate of drug-likeness (QED) is 0.715. The fourth-order valence-electron chi connectivity index (χ4n) is 0.560. The molecule has 0 fully saturated rings. The Balaban J connectivity index is 3.04. The Morgan fingerprint density at radius 1 is 1.67 bits per heavy atom. The molecule has 0 aliphatic heterocycles. The van der Waals surface area contributed by atoms with Crippen molar-refractivity contribution in [1.82, 2.24) is 10.2 Å². The summed E-state index contributed by atoms with van der Waals surface area (Å²) in [5, 5.41) is 7.92. The van der Waals surface area contributed by atoms with Crippen LogP contribution in [0.3, 0.4) is 0 Å². The van der Waals surface area contributed by atoms with Crippen molar-refractivity contribution < 1.29 is 0 Å². The van der Waals surface area contributed by atoms with E-state index in [1.165, 1.54) is 5.56 Å². The Kier molecular flexibility index (Phi) is 2.18. The van der Waals surface area contributed by atoms with Crippen LogP contribution in [0.4, 0.5) is 0 Å². The molecule has 2 nitrogen and oxygen atoms in total. The largest absolute Gasteiger partial charge is 0.270 e. The molecule has 0 aliphatic rings. The van der Waals surface area contributed by atoms with Crippen molar-refractivity contribution in [2.24, 2.45) is 0 Å². The zero-order chi connectivity index (χ0) is 6.85. The highest BCUT2D eigenvalue weighted by atomic mass is 79.9. The van der Waals surface area contributed by atoms with Crippen LogP contribution in [0.25, 0.3) is 0 Å². The van der Waals surface area contributed by atoms with Crippen LogP contribution in [0.15, 0.2) is 9.63 Å². The Bertz CT molecular complexity index is 209. The third-order valence-corrected chi connectivity index (χ3v) is 2.66. The van der Waals surface area contributed by atoms with Crippen LogP contribution in [0.1, 0.15) is 5.56 Å². The molecule has 9 heavy (non-hydrogen) atoms. The number of halogens is 1. The molecule has 0 amide bonds. The Labute approximate surface area is 66.5 Å². The van der Waals surface area contributed by atoms with Gasteiger partial charge in [-0.1, -0.05) is 0 Å². The van der Waals surface area contributed by atoms with E-state index in [1.54, 1.807) is 11.8 Å². The van der Waals surface area contributed by atoms with Crippen LogP contribution in [0.2, 0.25) is 0 Å². The number of aromatic nitrogens is 2. The second-order valence-electron chi connectivity index (χ2n) is 1.67. The van der Waals surface area contributed by atoms with Gasteiger partial charge in [-0.05, 0) is 29.1 Å². The van der Waals surface area contributed by atoms with Gasteiger partial charge in [0.05, 0.1) is 0 Å². The smallest absolute Gasteiger partial charge is 0.122 e. The molecule has 50 valence electrons. The first kappa shape index (κ1) is 7.15. The first-order valence-electron chi connectivity index (χ1n) is 2.50. The van der Waals surface area contributed by atoms with Gasteiger partial charge in [0.15, 0.2) is 0 Å². The van der Waals surface area contributed by atoms with E-state index in [0.717, 1.165) is 9.63 Å². The molecule has 1 N–H and O–H groups in total. The van der Waals surface area contributed by atoms with Gasteiger partial charge in [-0.2, -0.15) is 5.10 Å². The molecule has 1 heterocycles. The summed E-state index contributed by atoms with van der Waals surface area (Å²) in [6.45, 7) is 2.03. The second kappa shape index (κ2) is 2.75. The number of hydrogen-bond donors (Lipinski definition) is 1. The molecule has 4 heteroatoms. The fraction of sp³-hybridized carbons (Fsp3) is 0.400. The lowest BCUT2D eigenvalue weighted by molar-refractivity contribution is 0.991. The molecular formula is C5H7BrN2S. The molecule has 0 atom stereocenters. The number of rotatable bonds is 1. The van der Waals surface area contributed by atoms with E-state index < -0.39 is 0 Å². The molecule has 0 aromatic carbocycles. The van der Waals surface area contributed by atoms with Crippen LogP contribution in [0.5, 0.6) is 0 Å². The minimum absolute atomic E-state index is 0.979. The van der Waals surface area contributed by atoms with Crippen LogP contribution in [0, 0.1) is 6.92 Å². The lowest BCUT2D eigenvalue weighted by Gasteiger charge is -1.86. The Hall–Kier alpha value is 0.0400. The molecule has 0 saturated carbocycles. The number of H-pyrrole nitrogens is 1. The second-order valence-corrected chi connectivity index (χ2v) is 3.26. The molecule has 0 bridgehead atoms. The predicted octanol–water partition coefficient (Wildman–Crippen LogP) is 2.20. The molecule has 1 rings (SSSR count). The average Bonchev–Trinajstić information content (AvgIpc) is 2.15. The van der Waals surface area contributed by atoms with E-state index in [0.29, 0.717) is 0 Å². The van der Waals surface area contributed by atoms with Crippen LogP contribution in [-0.2, 0) is 0 Å². The number of hydrogen-bond acceptors (Lipinski definition) is 2. The minimum Gasteiger partial charge on any atom is -0.270 e. The predicted molar refractivity (Wildman–Crippen MR) is 42.8 cm³/mol. The zero-order valence-electron chi connectivity index (χ0n) is 5.23. The van der Waals surface area contributed by atoms with E-state index in [-0.39, 0.29) is 0 Å².